The molecule has 0 aliphatic carbocycles. The molecule has 0 saturated carbocycles. The van der Waals surface area contributed by atoms with Gasteiger partial charge in [-0.25, -0.2) is 9.55 Å². The summed E-state index contributed by atoms with van der Waals surface area (Å²) in [5.41, 5.74) is 2.43. The van der Waals surface area contributed by atoms with Crippen molar-refractivity contribution in [2.45, 2.75) is 6.54 Å². The van der Waals surface area contributed by atoms with Crippen LogP contribution in [0.15, 0.2) is 60.9 Å². The largest absolute Gasteiger partial charge is 0.323 e. The summed E-state index contributed by atoms with van der Waals surface area (Å²) < 4.78 is 3.65. The number of benzene rings is 2. The maximum atomic E-state index is 12.8. The number of imidazole rings is 1. The first kappa shape index (κ1) is 14.5. The molecule has 1 N–H and O–H groups in total. The maximum absolute atomic E-state index is 12.8. The minimum absolute atomic E-state index is 0.200. The quantitative estimate of drug-likeness (QED) is 0.584. The van der Waals surface area contributed by atoms with Gasteiger partial charge in [-0.1, -0.05) is 30.3 Å². The van der Waals surface area contributed by atoms with Gasteiger partial charge in [-0.2, -0.15) is 5.10 Å². The van der Waals surface area contributed by atoms with E-state index in [0.717, 1.165) is 11.0 Å². The number of hydrogen-bond acceptors (Lipinski definition) is 4. The van der Waals surface area contributed by atoms with E-state index in [2.05, 4.69) is 15.2 Å². The van der Waals surface area contributed by atoms with Crippen LogP contribution >= 0.6 is 12.2 Å². The number of hydrogen-bond donors (Lipinski definition) is 1. The Morgan fingerprint density at radius 2 is 1.83 bits per heavy atom. The second-order valence-corrected chi connectivity index (χ2v) is 5.70. The van der Waals surface area contributed by atoms with Gasteiger partial charge >= 0.3 is 0 Å². The van der Waals surface area contributed by atoms with Gasteiger partial charge in [0.15, 0.2) is 5.82 Å². The molecule has 0 saturated heterocycles. The van der Waals surface area contributed by atoms with Crippen LogP contribution in [0.5, 0.6) is 0 Å². The van der Waals surface area contributed by atoms with Gasteiger partial charge in [0.2, 0.25) is 4.77 Å². The highest BCUT2D eigenvalue weighted by atomic mass is 32.1. The lowest BCUT2D eigenvalue weighted by Crippen LogP contribution is -2.17. The number of nitrogens with one attached hydrogen (secondary N) is 1. The lowest BCUT2D eigenvalue weighted by Gasteiger charge is -2.07. The van der Waals surface area contributed by atoms with Crippen LogP contribution in [0.2, 0.25) is 0 Å². The Hall–Kier alpha value is -3.06. The first-order chi connectivity index (χ1) is 11.7. The zero-order valence-corrected chi connectivity index (χ0v) is 13.4. The van der Waals surface area contributed by atoms with Gasteiger partial charge in [-0.15, -0.1) is 0 Å². The fourth-order valence-corrected chi connectivity index (χ4v) is 2.88. The minimum Gasteiger partial charge on any atom is -0.323 e. The Kier molecular flexibility index (Phi) is 3.55. The number of carbonyl (C=O) groups excluding carboxylic acids is 1. The topological polar surface area (TPSA) is 68.5 Å². The molecule has 0 fully saturated rings. The van der Waals surface area contributed by atoms with Crippen molar-refractivity contribution in [2.75, 3.05) is 0 Å². The van der Waals surface area contributed by atoms with Crippen molar-refractivity contribution in [3.05, 3.63) is 77.1 Å². The number of aromatic amines is 1. The van der Waals surface area contributed by atoms with Crippen LogP contribution in [0, 0.1) is 4.77 Å². The molecule has 0 bridgehead atoms. The SMILES string of the molecule is O=C(c1ccccc1)n1c(Cn2cnc3ccccc32)n[nH]c1=S. The normalized spacial score (nSPS) is 11.0. The van der Waals surface area contributed by atoms with E-state index < -0.39 is 0 Å². The van der Waals surface area contributed by atoms with Gasteiger partial charge in [-0.3, -0.25) is 9.89 Å². The number of rotatable bonds is 3. The van der Waals surface area contributed by atoms with Crippen LogP contribution in [0.4, 0.5) is 0 Å². The lowest BCUT2D eigenvalue weighted by atomic mass is 10.2. The highest BCUT2D eigenvalue weighted by Gasteiger charge is 2.16. The first-order valence-electron chi connectivity index (χ1n) is 7.40. The van der Waals surface area contributed by atoms with E-state index in [1.165, 1.54) is 4.57 Å². The predicted molar refractivity (Wildman–Crippen MR) is 92.4 cm³/mol. The summed E-state index contributed by atoms with van der Waals surface area (Å²) in [5, 5.41) is 6.93. The fraction of sp³-hybridized carbons (Fsp3) is 0.0588. The van der Waals surface area contributed by atoms with Gasteiger partial charge in [0.1, 0.15) is 0 Å². The Bertz CT molecular complexity index is 1080. The molecule has 0 unspecified atom stereocenters. The summed E-state index contributed by atoms with van der Waals surface area (Å²) in [5.74, 6) is 0.339. The number of para-hydroxylation sites is 2. The third-order valence-electron chi connectivity index (χ3n) is 3.80. The molecular formula is C17H13N5OS. The molecule has 0 spiro atoms. The molecule has 2 aromatic carbocycles. The number of nitrogens with zero attached hydrogens (tertiary/aromatic N) is 4. The van der Waals surface area contributed by atoms with E-state index in [-0.39, 0.29) is 10.7 Å². The molecule has 0 amide bonds. The Labute approximate surface area is 142 Å². The molecule has 2 aromatic heterocycles. The van der Waals surface area contributed by atoms with Crippen molar-refractivity contribution < 1.29 is 4.79 Å². The summed E-state index contributed by atoms with van der Waals surface area (Å²) in [4.78, 5) is 17.1. The van der Waals surface area contributed by atoms with Crippen molar-refractivity contribution in [3.63, 3.8) is 0 Å². The highest BCUT2D eigenvalue weighted by Crippen LogP contribution is 2.14. The second kappa shape index (κ2) is 5.86. The lowest BCUT2D eigenvalue weighted by molar-refractivity contribution is 0.0954. The molecule has 2 heterocycles. The molecule has 118 valence electrons. The van der Waals surface area contributed by atoms with Crippen LogP contribution in [-0.2, 0) is 6.54 Å². The van der Waals surface area contributed by atoms with Gasteiger partial charge in [0.25, 0.3) is 5.91 Å². The van der Waals surface area contributed by atoms with Gasteiger partial charge in [-0.05, 0) is 36.5 Å². The molecule has 4 rings (SSSR count). The number of aromatic nitrogens is 5. The molecule has 0 atom stereocenters. The summed E-state index contributed by atoms with van der Waals surface area (Å²) in [6.07, 6.45) is 1.74. The predicted octanol–water partition coefficient (Wildman–Crippen LogP) is 3.03. The second-order valence-electron chi connectivity index (χ2n) is 5.31. The zero-order chi connectivity index (χ0) is 16.5. The molecule has 0 radical (unpaired) electrons. The standard InChI is InChI=1S/C17H13N5OS/c23-16(12-6-2-1-3-7-12)22-15(19-20-17(22)24)10-21-11-18-13-8-4-5-9-14(13)21/h1-9,11H,10H2,(H,20,24). The van der Waals surface area contributed by atoms with E-state index >= 15 is 0 Å². The molecule has 0 aliphatic heterocycles. The Balaban J connectivity index is 1.75. The summed E-state index contributed by atoms with van der Waals surface area (Å²) >= 11 is 5.24. The molecule has 24 heavy (non-hydrogen) atoms. The molecule has 6 nitrogen and oxygen atoms in total. The third-order valence-corrected chi connectivity index (χ3v) is 4.08. The molecule has 7 heteroatoms. The molecule has 4 aromatic rings. The zero-order valence-electron chi connectivity index (χ0n) is 12.6. The maximum Gasteiger partial charge on any atom is 0.265 e. The van der Waals surface area contributed by atoms with Crippen LogP contribution < -0.4 is 0 Å². The first-order valence-corrected chi connectivity index (χ1v) is 7.81. The van der Waals surface area contributed by atoms with Gasteiger partial charge in [0, 0.05) is 5.56 Å². The highest BCUT2D eigenvalue weighted by molar-refractivity contribution is 7.71. The average molecular weight is 335 g/mol. The van der Waals surface area contributed by atoms with Crippen molar-refractivity contribution in [1.82, 2.24) is 24.3 Å². The number of H-pyrrole nitrogens is 1. The molecular weight excluding hydrogens is 322 g/mol. The minimum atomic E-state index is -0.200. The van der Waals surface area contributed by atoms with Crippen LogP contribution in [0.1, 0.15) is 16.2 Å². The van der Waals surface area contributed by atoms with E-state index in [0.29, 0.717) is 17.9 Å². The van der Waals surface area contributed by atoms with E-state index in [4.69, 9.17) is 12.2 Å². The Morgan fingerprint density at radius 1 is 1.08 bits per heavy atom. The van der Waals surface area contributed by atoms with Crippen LogP contribution in [0.3, 0.4) is 0 Å². The summed E-state index contributed by atoms with van der Waals surface area (Å²) in [6.45, 7) is 0.395. The summed E-state index contributed by atoms with van der Waals surface area (Å²) in [6, 6.07) is 16.8. The van der Waals surface area contributed by atoms with E-state index in [1.807, 2.05) is 47.0 Å². The van der Waals surface area contributed by atoms with Crippen molar-refractivity contribution in [1.29, 1.82) is 0 Å². The van der Waals surface area contributed by atoms with Crippen LogP contribution in [0.25, 0.3) is 11.0 Å². The van der Waals surface area contributed by atoms with Crippen LogP contribution in [-0.4, -0.2) is 30.2 Å². The molecule has 0 aliphatic rings. The van der Waals surface area contributed by atoms with Gasteiger partial charge < -0.3 is 4.57 Å². The average Bonchev–Trinajstić information content (AvgIpc) is 3.19. The van der Waals surface area contributed by atoms with Crippen molar-refractivity contribution in [3.8, 4) is 0 Å². The third kappa shape index (κ3) is 2.44. The summed E-state index contributed by atoms with van der Waals surface area (Å²) in [7, 11) is 0. The Morgan fingerprint density at radius 3 is 2.67 bits per heavy atom. The monoisotopic (exact) mass is 335 g/mol. The van der Waals surface area contributed by atoms with Crippen molar-refractivity contribution >= 4 is 29.2 Å². The number of carbonyl (C=O) groups is 1. The van der Waals surface area contributed by atoms with Gasteiger partial charge in [0.05, 0.1) is 23.9 Å². The fourth-order valence-electron chi connectivity index (χ4n) is 2.64. The smallest absolute Gasteiger partial charge is 0.265 e. The van der Waals surface area contributed by atoms with Crippen molar-refractivity contribution in [2.24, 2.45) is 0 Å². The number of fused-ring (bicyclic) bond motifs is 1. The van der Waals surface area contributed by atoms with E-state index in [1.54, 1.807) is 18.5 Å². The van der Waals surface area contributed by atoms with E-state index in [9.17, 15) is 4.79 Å².